The first-order chi connectivity index (χ1) is 3.83. The van der Waals surface area contributed by atoms with Gasteiger partial charge in [-0.15, -0.1) is 12.6 Å². The SMILES string of the molecule is OC[C@H]1OC[C@@H](S)O1. The molecule has 0 aromatic carbocycles. The molecule has 0 amide bonds. The van der Waals surface area contributed by atoms with E-state index in [4.69, 9.17) is 14.6 Å². The number of thiol groups is 1. The summed E-state index contributed by atoms with van der Waals surface area (Å²) in [6.45, 7) is 0.380. The van der Waals surface area contributed by atoms with Crippen LogP contribution in [-0.4, -0.2) is 30.0 Å². The van der Waals surface area contributed by atoms with Gasteiger partial charge in [0.1, 0.15) is 5.44 Å². The molecular formula is C4H8O3S. The molecule has 0 aromatic heterocycles. The van der Waals surface area contributed by atoms with Gasteiger partial charge in [-0.2, -0.15) is 0 Å². The fourth-order valence-corrected chi connectivity index (χ4v) is 0.761. The molecule has 3 nitrogen and oxygen atoms in total. The molecule has 1 aliphatic rings. The van der Waals surface area contributed by atoms with Crippen LogP contribution >= 0.6 is 12.6 Å². The van der Waals surface area contributed by atoms with E-state index in [1.54, 1.807) is 0 Å². The van der Waals surface area contributed by atoms with Crippen LogP contribution in [0.25, 0.3) is 0 Å². The summed E-state index contributed by atoms with van der Waals surface area (Å²) in [7, 11) is 0. The Morgan fingerprint density at radius 3 is 2.75 bits per heavy atom. The highest BCUT2D eigenvalue weighted by Gasteiger charge is 2.21. The van der Waals surface area contributed by atoms with Gasteiger partial charge in [0.15, 0.2) is 6.29 Å². The highest BCUT2D eigenvalue weighted by molar-refractivity contribution is 7.80. The minimum Gasteiger partial charge on any atom is -0.391 e. The topological polar surface area (TPSA) is 38.7 Å². The largest absolute Gasteiger partial charge is 0.391 e. The second-order valence-corrected chi connectivity index (χ2v) is 2.11. The van der Waals surface area contributed by atoms with Crippen molar-refractivity contribution in [2.45, 2.75) is 11.7 Å². The van der Waals surface area contributed by atoms with Crippen molar-refractivity contribution in [3.63, 3.8) is 0 Å². The molecule has 1 saturated heterocycles. The van der Waals surface area contributed by atoms with Crippen molar-refractivity contribution in [3.8, 4) is 0 Å². The van der Waals surface area contributed by atoms with Crippen LogP contribution in [0.2, 0.25) is 0 Å². The van der Waals surface area contributed by atoms with Crippen LogP contribution < -0.4 is 0 Å². The van der Waals surface area contributed by atoms with Gasteiger partial charge in [0.05, 0.1) is 13.2 Å². The summed E-state index contributed by atoms with van der Waals surface area (Å²) in [5.74, 6) is 0. The maximum atomic E-state index is 8.40. The summed E-state index contributed by atoms with van der Waals surface area (Å²) in [4.78, 5) is 0. The van der Waals surface area contributed by atoms with Gasteiger partial charge in [0.2, 0.25) is 0 Å². The fraction of sp³-hybridized carbons (Fsp3) is 1.00. The van der Waals surface area contributed by atoms with E-state index in [0.29, 0.717) is 6.61 Å². The number of aliphatic hydroxyl groups is 1. The summed E-state index contributed by atoms with van der Waals surface area (Å²) < 4.78 is 9.77. The van der Waals surface area contributed by atoms with Crippen molar-refractivity contribution in [2.24, 2.45) is 0 Å². The van der Waals surface area contributed by atoms with Gasteiger partial charge in [0.25, 0.3) is 0 Å². The second-order valence-electron chi connectivity index (χ2n) is 1.54. The van der Waals surface area contributed by atoms with Crippen LogP contribution in [0.5, 0.6) is 0 Å². The van der Waals surface area contributed by atoms with Gasteiger partial charge in [-0.25, -0.2) is 0 Å². The molecule has 8 heavy (non-hydrogen) atoms. The molecule has 0 unspecified atom stereocenters. The molecule has 0 spiro atoms. The maximum Gasteiger partial charge on any atom is 0.182 e. The summed E-state index contributed by atoms with van der Waals surface area (Å²) in [5.41, 5.74) is -0.160. The molecule has 48 valence electrons. The van der Waals surface area contributed by atoms with Crippen LogP contribution in [0.4, 0.5) is 0 Å². The summed E-state index contributed by atoms with van der Waals surface area (Å²) >= 11 is 3.95. The lowest BCUT2D eigenvalue weighted by atomic mass is 10.7. The molecule has 0 radical (unpaired) electrons. The number of rotatable bonds is 1. The van der Waals surface area contributed by atoms with Crippen molar-refractivity contribution in [3.05, 3.63) is 0 Å². The minimum absolute atomic E-state index is 0.0862. The monoisotopic (exact) mass is 136 g/mol. The zero-order chi connectivity index (χ0) is 5.98. The van der Waals surface area contributed by atoms with Gasteiger partial charge in [0, 0.05) is 0 Å². The van der Waals surface area contributed by atoms with Crippen molar-refractivity contribution in [1.29, 1.82) is 0 Å². The van der Waals surface area contributed by atoms with E-state index in [-0.39, 0.29) is 12.0 Å². The third-order valence-electron chi connectivity index (χ3n) is 0.883. The fourth-order valence-electron chi connectivity index (χ4n) is 0.539. The molecule has 0 saturated carbocycles. The van der Waals surface area contributed by atoms with Gasteiger partial charge >= 0.3 is 0 Å². The average molecular weight is 136 g/mol. The van der Waals surface area contributed by atoms with E-state index < -0.39 is 6.29 Å². The Kier molecular flexibility index (Phi) is 2.13. The Morgan fingerprint density at radius 1 is 1.75 bits per heavy atom. The molecule has 0 aliphatic carbocycles. The van der Waals surface area contributed by atoms with Crippen LogP contribution in [0.15, 0.2) is 0 Å². The molecular weight excluding hydrogens is 128 g/mol. The Balaban J connectivity index is 2.22. The van der Waals surface area contributed by atoms with Crippen molar-refractivity contribution in [1.82, 2.24) is 0 Å². The van der Waals surface area contributed by atoms with Crippen LogP contribution in [-0.2, 0) is 9.47 Å². The van der Waals surface area contributed by atoms with Crippen molar-refractivity contribution >= 4 is 12.6 Å². The Labute approximate surface area is 53.0 Å². The first-order valence-corrected chi connectivity index (χ1v) is 2.90. The number of aliphatic hydroxyl groups excluding tert-OH is 1. The minimum atomic E-state index is -0.447. The Bertz CT molecular complexity index is 77.7. The molecule has 1 rings (SSSR count). The van der Waals surface area contributed by atoms with Crippen molar-refractivity contribution < 1.29 is 14.6 Å². The first kappa shape index (κ1) is 6.35. The lowest BCUT2D eigenvalue weighted by Crippen LogP contribution is -2.12. The molecule has 4 heteroatoms. The maximum absolute atomic E-state index is 8.40. The predicted octanol–water partition coefficient (Wildman–Crippen LogP) is -0.393. The first-order valence-electron chi connectivity index (χ1n) is 2.39. The van der Waals surface area contributed by atoms with Crippen LogP contribution in [0.3, 0.4) is 0 Å². The van der Waals surface area contributed by atoms with Gasteiger partial charge in [-0.3, -0.25) is 0 Å². The zero-order valence-electron chi connectivity index (χ0n) is 4.28. The van der Waals surface area contributed by atoms with Gasteiger partial charge in [-0.05, 0) is 0 Å². The van der Waals surface area contributed by atoms with Crippen LogP contribution in [0, 0.1) is 0 Å². The molecule has 1 aliphatic heterocycles. The predicted molar refractivity (Wildman–Crippen MR) is 30.7 cm³/mol. The van der Waals surface area contributed by atoms with E-state index >= 15 is 0 Å². The molecule has 1 heterocycles. The quantitative estimate of drug-likeness (QED) is 0.482. The normalized spacial score (nSPS) is 38.2. The lowest BCUT2D eigenvalue weighted by molar-refractivity contribution is -0.0780. The highest BCUT2D eigenvalue weighted by Crippen LogP contribution is 2.12. The van der Waals surface area contributed by atoms with E-state index in [9.17, 15) is 0 Å². The van der Waals surface area contributed by atoms with E-state index in [1.807, 2.05) is 0 Å². The Morgan fingerprint density at radius 2 is 2.50 bits per heavy atom. The summed E-state index contributed by atoms with van der Waals surface area (Å²) in [5, 5.41) is 8.40. The number of ether oxygens (including phenoxy) is 2. The van der Waals surface area contributed by atoms with E-state index in [1.165, 1.54) is 0 Å². The summed E-state index contributed by atoms with van der Waals surface area (Å²) in [6.07, 6.45) is -0.447. The molecule has 0 aromatic rings. The number of hydrogen-bond acceptors (Lipinski definition) is 4. The molecule has 1 N–H and O–H groups in total. The third kappa shape index (κ3) is 1.35. The smallest absolute Gasteiger partial charge is 0.182 e. The van der Waals surface area contributed by atoms with Crippen LogP contribution in [0.1, 0.15) is 0 Å². The zero-order valence-corrected chi connectivity index (χ0v) is 5.17. The third-order valence-corrected chi connectivity index (χ3v) is 1.15. The lowest BCUT2D eigenvalue weighted by Gasteiger charge is -2.02. The van der Waals surface area contributed by atoms with Crippen molar-refractivity contribution in [2.75, 3.05) is 13.2 Å². The highest BCUT2D eigenvalue weighted by atomic mass is 32.1. The second kappa shape index (κ2) is 2.68. The van der Waals surface area contributed by atoms with Gasteiger partial charge in [-0.1, -0.05) is 0 Å². The Hall–Kier alpha value is 0.230. The molecule has 1 fully saturated rings. The average Bonchev–Trinajstić information content (AvgIpc) is 2.14. The standard InChI is InChI=1S/C4H8O3S/c5-1-3-6-2-4(8)7-3/h3-5,8H,1-2H2/t3-,4+/m0/s1. The summed E-state index contributed by atoms with van der Waals surface area (Å²) in [6, 6.07) is 0. The van der Waals surface area contributed by atoms with E-state index in [2.05, 4.69) is 12.6 Å². The van der Waals surface area contributed by atoms with E-state index in [0.717, 1.165) is 0 Å². The number of hydrogen-bond donors (Lipinski definition) is 2. The molecule has 0 bridgehead atoms. The van der Waals surface area contributed by atoms with Gasteiger partial charge < -0.3 is 14.6 Å². The molecule has 2 atom stereocenters.